The number of hydrogen-bond donors (Lipinski definition) is 0. The molecular weight excluding hydrogens is 218 g/mol. The Morgan fingerprint density at radius 3 is 2.76 bits per heavy atom. The molecule has 2 aromatic rings. The highest BCUT2D eigenvalue weighted by atomic mass is 16.6. The van der Waals surface area contributed by atoms with Gasteiger partial charge in [-0.2, -0.15) is 0 Å². The first-order valence-electron chi connectivity index (χ1n) is 5.34. The molecule has 0 N–H and O–H groups in total. The van der Waals surface area contributed by atoms with Crippen LogP contribution < -0.4 is 5.82 Å². The quantitative estimate of drug-likeness (QED) is 0.596. The Balaban J connectivity index is 1.77. The van der Waals surface area contributed by atoms with Gasteiger partial charge in [0.15, 0.2) is 0 Å². The molecule has 1 aromatic heterocycles. The van der Waals surface area contributed by atoms with Crippen molar-refractivity contribution in [3.63, 3.8) is 0 Å². The van der Waals surface area contributed by atoms with Gasteiger partial charge in [0, 0.05) is 18.4 Å². The number of benzene rings is 1. The molecule has 0 aliphatic rings. The molecule has 0 radical (unpaired) electrons. The van der Waals surface area contributed by atoms with Crippen molar-refractivity contribution in [3.8, 4) is 11.8 Å². The average Bonchev–Trinajstić information content (AvgIpc) is 2.76. The third-order valence-corrected chi connectivity index (χ3v) is 2.12. The van der Waals surface area contributed by atoms with Crippen LogP contribution in [0.2, 0.25) is 0 Å². The number of rotatable bonds is 3. The van der Waals surface area contributed by atoms with E-state index in [-0.39, 0.29) is 0 Å². The summed E-state index contributed by atoms with van der Waals surface area (Å²) in [5.74, 6) is 5.68. The molecular formula is C13H11NO3. The molecule has 4 nitrogen and oxygen atoms in total. The summed E-state index contributed by atoms with van der Waals surface area (Å²) in [5.41, 5.74) is 1.00. The molecule has 0 aliphatic heterocycles. The van der Waals surface area contributed by atoms with Crippen LogP contribution in [-0.4, -0.2) is 5.16 Å². The summed E-state index contributed by atoms with van der Waals surface area (Å²) in [6, 6.07) is 9.78. The second kappa shape index (κ2) is 5.71. The topological polar surface area (TPSA) is 56.2 Å². The lowest BCUT2D eigenvalue weighted by Gasteiger charge is -1.88. The number of unbranched alkanes of at least 4 members (excludes halogenated alkanes) is 1. The minimum Gasteiger partial charge on any atom is -0.375 e. The fourth-order valence-electron chi connectivity index (χ4n) is 1.33. The number of hydrogen-bond acceptors (Lipinski definition) is 4. The Hall–Kier alpha value is -2.28. The third kappa shape index (κ3) is 3.65. The highest BCUT2D eigenvalue weighted by molar-refractivity contribution is 5.33. The predicted octanol–water partition coefficient (Wildman–Crippen LogP) is 2.00. The first-order chi connectivity index (χ1) is 8.34. The largest absolute Gasteiger partial charge is 0.542 e. The molecule has 1 aromatic carbocycles. The van der Waals surface area contributed by atoms with E-state index in [1.54, 1.807) is 0 Å². The lowest BCUT2D eigenvalue weighted by Crippen LogP contribution is -1.87. The fourth-order valence-corrected chi connectivity index (χ4v) is 1.33. The van der Waals surface area contributed by atoms with Crippen LogP contribution in [0.4, 0.5) is 0 Å². The third-order valence-electron chi connectivity index (χ3n) is 2.12. The van der Waals surface area contributed by atoms with Crippen LogP contribution in [0, 0.1) is 11.8 Å². The van der Waals surface area contributed by atoms with Gasteiger partial charge in [-0.05, 0) is 23.7 Å². The molecule has 2 rings (SSSR count). The zero-order chi connectivity index (χ0) is 11.9. The lowest BCUT2D eigenvalue weighted by molar-refractivity contribution is 0.334. The van der Waals surface area contributed by atoms with Crippen LogP contribution in [0.15, 0.2) is 44.1 Å². The molecule has 0 fully saturated rings. The Morgan fingerprint density at radius 1 is 1.24 bits per heavy atom. The second-order valence-electron chi connectivity index (χ2n) is 3.45. The molecule has 0 aliphatic carbocycles. The maximum absolute atomic E-state index is 10.5. The molecule has 1 heterocycles. The van der Waals surface area contributed by atoms with Crippen LogP contribution >= 0.6 is 0 Å². The molecule has 4 heteroatoms. The Morgan fingerprint density at radius 2 is 2.06 bits per heavy atom. The minimum absolute atomic E-state index is 0.330. The summed E-state index contributed by atoms with van der Waals surface area (Å²) in [6.07, 6.45) is 2.08. The van der Waals surface area contributed by atoms with Gasteiger partial charge in [-0.25, -0.2) is 4.79 Å². The molecule has 0 atom stereocenters. The van der Waals surface area contributed by atoms with E-state index in [2.05, 4.69) is 25.9 Å². The molecule has 17 heavy (non-hydrogen) atoms. The zero-order valence-corrected chi connectivity index (χ0v) is 9.18. The normalized spacial score (nSPS) is 9.65. The Kier molecular flexibility index (Phi) is 3.77. The van der Waals surface area contributed by atoms with Gasteiger partial charge in [-0.15, -0.1) is 0 Å². The van der Waals surface area contributed by atoms with E-state index in [0.29, 0.717) is 12.3 Å². The van der Waals surface area contributed by atoms with E-state index in [1.165, 1.54) is 0 Å². The fraction of sp³-hybridized carbons (Fsp3) is 0.231. The summed E-state index contributed by atoms with van der Waals surface area (Å²) < 4.78 is 8.95. The standard InChI is InChI=1S/C13H11NO3/c15-13-16-12(14-17-13)10-6-2-5-9-11-7-3-1-4-8-11/h1,3-4,7-8H,2,6,10H2. The first-order valence-corrected chi connectivity index (χ1v) is 5.34. The molecule has 0 spiro atoms. The van der Waals surface area contributed by atoms with Crippen molar-refractivity contribution >= 4 is 0 Å². The SMILES string of the molecule is O=c1onc(CCCC#Cc2ccccc2)o1. The predicted molar refractivity (Wildman–Crippen MR) is 61.3 cm³/mol. The van der Waals surface area contributed by atoms with Gasteiger partial charge in [0.05, 0.1) is 0 Å². The summed E-state index contributed by atoms with van der Waals surface area (Å²) in [7, 11) is 0. The smallest absolute Gasteiger partial charge is 0.375 e. The van der Waals surface area contributed by atoms with Gasteiger partial charge in [-0.3, -0.25) is 4.52 Å². The van der Waals surface area contributed by atoms with Crippen LogP contribution in [0.5, 0.6) is 0 Å². The zero-order valence-electron chi connectivity index (χ0n) is 9.18. The Bertz CT molecular complexity index is 572. The van der Waals surface area contributed by atoms with E-state index < -0.39 is 5.82 Å². The lowest BCUT2D eigenvalue weighted by atomic mass is 10.2. The average molecular weight is 229 g/mol. The Labute approximate surface area is 98.2 Å². The van der Waals surface area contributed by atoms with Gasteiger partial charge in [0.1, 0.15) is 0 Å². The monoisotopic (exact) mass is 229 g/mol. The van der Waals surface area contributed by atoms with Crippen molar-refractivity contribution in [3.05, 3.63) is 52.4 Å². The van der Waals surface area contributed by atoms with Gasteiger partial charge in [-0.1, -0.05) is 30.0 Å². The molecule has 0 saturated heterocycles. The van der Waals surface area contributed by atoms with E-state index in [4.69, 9.17) is 0 Å². The first kappa shape index (κ1) is 11.2. The van der Waals surface area contributed by atoms with E-state index in [9.17, 15) is 4.79 Å². The van der Waals surface area contributed by atoms with Gasteiger partial charge >= 0.3 is 5.82 Å². The summed E-state index contributed by atoms with van der Waals surface area (Å²) in [4.78, 5) is 10.5. The highest BCUT2D eigenvalue weighted by Crippen LogP contribution is 2.00. The van der Waals surface area contributed by atoms with Crippen molar-refractivity contribution in [2.45, 2.75) is 19.3 Å². The van der Waals surface area contributed by atoms with Crippen molar-refractivity contribution < 1.29 is 8.94 Å². The van der Waals surface area contributed by atoms with Gasteiger partial charge in [0.2, 0.25) is 5.89 Å². The summed E-state index contributed by atoms with van der Waals surface area (Å²) in [6.45, 7) is 0. The van der Waals surface area contributed by atoms with Gasteiger partial charge < -0.3 is 4.42 Å². The maximum atomic E-state index is 10.5. The van der Waals surface area contributed by atoms with Gasteiger partial charge in [0.25, 0.3) is 0 Å². The molecule has 0 bridgehead atoms. The summed E-state index contributed by atoms with van der Waals surface area (Å²) in [5, 5.41) is 3.47. The number of nitrogens with zero attached hydrogens (tertiary/aromatic N) is 1. The second-order valence-corrected chi connectivity index (χ2v) is 3.45. The van der Waals surface area contributed by atoms with Crippen LogP contribution in [0.1, 0.15) is 24.3 Å². The minimum atomic E-state index is -0.754. The van der Waals surface area contributed by atoms with Crippen molar-refractivity contribution in [2.24, 2.45) is 0 Å². The van der Waals surface area contributed by atoms with E-state index in [1.807, 2.05) is 30.3 Å². The van der Waals surface area contributed by atoms with Crippen LogP contribution in [0.3, 0.4) is 0 Å². The number of aromatic nitrogens is 1. The van der Waals surface area contributed by atoms with Crippen molar-refractivity contribution in [1.82, 2.24) is 5.16 Å². The van der Waals surface area contributed by atoms with Crippen LogP contribution in [-0.2, 0) is 6.42 Å². The molecule has 0 saturated carbocycles. The van der Waals surface area contributed by atoms with E-state index >= 15 is 0 Å². The highest BCUT2D eigenvalue weighted by Gasteiger charge is 2.01. The molecule has 0 unspecified atom stereocenters. The molecule has 86 valence electrons. The van der Waals surface area contributed by atoms with Crippen molar-refractivity contribution in [1.29, 1.82) is 0 Å². The van der Waals surface area contributed by atoms with Crippen molar-refractivity contribution in [2.75, 3.05) is 0 Å². The molecule has 0 amide bonds. The number of aryl methyl sites for hydroxylation is 1. The maximum Gasteiger partial charge on any atom is 0.542 e. The summed E-state index contributed by atoms with van der Waals surface area (Å²) >= 11 is 0. The van der Waals surface area contributed by atoms with Crippen LogP contribution in [0.25, 0.3) is 0 Å². The van der Waals surface area contributed by atoms with E-state index in [0.717, 1.165) is 18.4 Å².